The number of ether oxygens (including phenoxy) is 1. The Morgan fingerprint density at radius 2 is 2.38 bits per heavy atom. The van der Waals surface area contributed by atoms with Gasteiger partial charge in [-0.25, -0.2) is 0 Å². The fourth-order valence-corrected chi connectivity index (χ4v) is 2.54. The van der Waals surface area contributed by atoms with Crippen molar-refractivity contribution in [3.63, 3.8) is 0 Å². The zero-order valence-electron chi connectivity index (χ0n) is 7.56. The molecule has 0 aromatic heterocycles. The van der Waals surface area contributed by atoms with E-state index in [-0.39, 0.29) is 6.04 Å². The highest BCUT2D eigenvalue weighted by Crippen LogP contribution is 2.11. The van der Waals surface area contributed by atoms with E-state index in [0.717, 1.165) is 0 Å². The van der Waals surface area contributed by atoms with E-state index < -0.39 is 15.4 Å². The Kier molecular flexibility index (Phi) is 3.66. The normalized spacial score (nSPS) is 27.1. The molecule has 0 spiro atoms. The predicted octanol–water partition coefficient (Wildman–Crippen LogP) is -0.359. The minimum absolute atomic E-state index is 0.284. The van der Waals surface area contributed by atoms with Crippen LogP contribution in [0.25, 0.3) is 0 Å². The number of nitrogens with one attached hydrogen (secondary N) is 1. The van der Waals surface area contributed by atoms with Gasteiger partial charge >= 0.3 is 0 Å². The molecule has 0 radical (unpaired) electrons. The zero-order valence-corrected chi connectivity index (χ0v) is 8.38. The van der Waals surface area contributed by atoms with E-state index in [1.807, 2.05) is 0 Å². The van der Waals surface area contributed by atoms with Crippen LogP contribution in [0.15, 0.2) is 0 Å². The summed E-state index contributed by atoms with van der Waals surface area (Å²) < 4.78 is 35.9. The minimum Gasteiger partial charge on any atom is -0.378 e. The average Bonchev–Trinajstić information content (AvgIpc) is 2.05. The van der Waals surface area contributed by atoms with Gasteiger partial charge in [-0.05, 0) is 6.42 Å². The summed E-state index contributed by atoms with van der Waals surface area (Å²) in [5.41, 5.74) is 0. The van der Waals surface area contributed by atoms with Crippen LogP contribution in [0.4, 0.5) is 0 Å². The van der Waals surface area contributed by atoms with Gasteiger partial charge in [0.05, 0.1) is 13.2 Å². The molecule has 1 fully saturated rings. The summed E-state index contributed by atoms with van der Waals surface area (Å²) in [7, 11) is -3.96. The Morgan fingerprint density at radius 1 is 1.69 bits per heavy atom. The first-order chi connectivity index (χ1) is 6.05. The smallest absolute Gasteiger partial charge is 0.269 e. The SMILES string of the molecule is CCC(C1COCCN1)S(=O)(=O)O. The van der Waals surface area contributed by atoms with Crippen molar-refractivity contribution in [3.8, 4) is 0 Å². The topological polar surface area (TPSA) is 75.6 Å². The molecule has 1 aliphatic rings. The first-order valence-corrected chi connectivity index (χ1v) is 5.83. The van der Waals surface area contributed by atoms with Crippen LogP contribution < -0.4 is 5.32 Å². The largest absolute Gasteiger partial charge is 0.378 e. The Hall–Kier alpha value is -0.170. The fraction of sp³-hybridized carbons (Fsp3) is 1.00. The maximum Gasteiger partial charge on any atom is 0.269 e. The Labute approximate surface area is 78.2 Å². The molecule has 78 valence electrons. The molecule has 0 bridgehead atoms. The lowest BCUT2D eigenvalue weighted by molar-refractivity contribution is 0.0742. The standard InChI is InChI=1S/C7H15NO4S/c1-2-7(13(9,10)11)6-5-12-4-3-8-6/h6-8H,2-5H2,1H3,(H,9,10,11). The predicted molar refractivity (Wildman–Crippen MR) is 48.2 cm³/mol. The van der Waals surface area contributed by atoms with Crippen LogP contribution in [0.5, 0.6) is 0 Å². The first-order valence-electron chi connectivity index (χ1n) is 4.33. The van der Waals surface area contributed by atoms with E-state index in [0.29, 0.717) is 26.2 Å². The van der Waals surface area contributed by atoms with E-state index in [1.165, 1.54) is 0 Å². The van der Waals surface area contributed by atoms with Gasteiger partial charge in [0.25, 0.3) is 10.1 Å². The van der Waals surface area contributed by atoms with Crippen molar-refractivity contribution in [2.75, 3.05) is 19.8 Å². The number of hydrogen-bond donors (Lipinski definition) is 2. The summed E-state index contributed by atoms with van der Waals surface area (Å²) >= 11 is 0. The van der Waals surface area contributed by atoms with Crippen molar-refractivity contribution >= 4 is 10.1 Å². The van der Waals surface area contributed by atoms with Gasteiger partial charge in [-0.1, -0.05) is 6.92 Å². The van der Waals surface area contributed by atoms with Gasteiger partial charge in [-0.15, -0.1) is 0 Å². The van der Waals surface area contributed by atoms with Crippen LogP contribution in [0.3, 0.4) is 0 Å². The van der Waals surface area contributed by atoms with Crippen LogP contribution >= 0.6 is 0 Å². The fourth-order valence-electron chi connectivity index (χ4n) is 1.53. The number of rotatable bonds is 3. The molecule has 0 aromatic carbocycles. The maximum absolute atomic E-state index is 10.9. The Morgan fingerprint density at radius 3 is 2.77 bits per heavy atom. The van der Waals surface area contributed by atoms with Crippen LogP contribution in [-0.4, -0.2) is 44.0 Å². The molecule has 2 atom stereocenters. The minimum atomic E-state index is -3.96. The van der Waals surface area contributed by atoms with Gasteiger partial charge in [-0.3, -0.25) is 4.55 Å². The molecule has 6 heteroatoms. The molecule has 0 amide bonds. The molecular formula is C7H15NO4S. The second-order valence-electron chi connectivity index (χ2n) is 3.10. The highest BCUT2D eigenvalue weighted by Gasteiger charge is 2.31. The van der Waals surface area contributed by atoms with Crippen LogP contribution in [-0.2, 0) is 14.9 Å². The third-order valence-electron chi connectivity index (χ3n) is 2.18. The highest BCUT2D eigenvalue weighted by molar-refractivity contribution is 7.86. The summed E-state index contributed by atoms with van der Waals surface area (Å²) in [6, 6.07) is -0.284. The van der Waals surface area contributed by atoms with Gasteiger partial charge in [-0.2, -0.15) is 8.42 Å². The lowest BCUT2D eigenvalue weighted by Crippen LogP contribution is -2.51. The summed E-state index contributed by atoms with van der Waals surface area (Å²) in [4.78, 5) is 0. The number of morpholine rings is 1. The first kappa shape index (κ1) is 10.9. The van der Waals surface area contributed by atoms with E-state index in [1.54, 1.807) is 6.92 Å². The highest BCUT2D eigenvalue weighted by atomic mass is 32.2. The third kappa shape index (κ3) is 2.91. The van der Waals surface area contributed by atoms with Gasteiger partial charge in [0.15, 0.2) is 0 Å². The monoisotopic (exact) mass is 209 g/mol. The summed E-state index contributed by atoms with van der Waals surface area (Å²) in [5, 5.41) is 2.26. The molecule has 13 heavy (non-hydrogen) atoms. The van der Waals surface area contributed by atoms with Gasteiger partial charge in [0.2, 0.25) is 0 Å². The molecule has 0 aliphatic carbocycles. The van der Waals surface area contributed by atoms with Crippen molar-refractivity contribution in [3.05, 3.63) is 0 Å². The quantitative estimate of drug-likeness (QED) is 0.621. The van der Waals surface area contributed by atoms with Gasteiger partial charge in [0, 0.05) is 12.6 Å². The summed E-state index contributed by atoms with van der Waals surface area (Å²) in [6.45, 7) is 3.31. The Bertz CT molecular complexity index is 245. The third-order valence-corrected chi connectivity index (χ3v) is 3.61. The van der Waals surface area contributed by atoms with Crippen LogP contribution in [0.2, 0.25) is 0 Å². The van der Waals surface area contributed by atoms with Crippen molar-refractivity contribution in [1.82, 2.24) is 5.32 Å². The number of hydrogen-bond acceptors (Lipinski definition) is 4. The maximum atomic E-state index is 10.9. The van der Waals surface area contributed by atoms with Gasteiger partial charge in [0.1, 0.15) is 5.25 Å². The Balaban J connectivity index is 2.65. The molecule has 1 aliphatic heterocycles. The lowest BCUT2D eigenvalue weighted by atomic mass is 10.1. The lowest BCUT2D eigenvalue weighted by Gasteiger charge is -2.28. The molecule has 1 saturated heterocycles. The molecule has 0 aromatic rings. The van der Waals surface area contributed by atoms with E-state index >= 15 is 0 Å². The summed E-state index contributed by atoms with van der Waals surface area (Å²) in [6.07, 6.45) is 0.389. The van der Waals surface area contributed by atoms with Crippen molar-refractivity contribution in [1.29, 1.82) is 0 Å². The van der Waals surface area contributed by atoms with Gasteiger partial charge < -0.3 is 10.1 Å². The average molecular weight is 209 g/mol. The molecule has 1 heterocycles. The van der Waals surface area contributed by atoms with Crippen molar-refractivity contribution in [2.24, 2.45) is 0 Å². The molecule has 5 nitrogen and oxygen atoms in total. The zero-order chi connectivity index (χ0) is 9.90. The van der Waals surface area contributed by atoms with E-state index in [9.17, 15) is 8.42 Å². The molecule has 2 N–H and O–H groups in total. The molecule has 2 unspecified atom stereocenters. The summed E-state index contributed by atoms with van der Waals surface area (Å²) in [5.74, 6) is 0. The molecular weight excluding hydrogens is 194 g/mol. The van der Waals surface area contributed by atoms with Crippen LogP contribution in [0.1, 0.15) is 13.3 Å². The second kappa shape index (κ2) is 4.36. The van der Waals surface area contributed by atoms with Crippen LogP contribution in [0, 0.1) is 0 Å². The molecule has 1 rings (SSSR count). The van der Waals surface area contributed by atoms with Crippen molar-refractivity contribution in [2.45, 2.75) is 24.6 Å². The van der Waals surface area contributed by atoms with Crippen molar-refractivity contribution < 1.29 is 17.7 Å². The second-order valence-corrected chi connectivity index (χ2v) is 4.73. The van der Waals surface area contributed by atoms with E-state index in [4.69, 9.17) is 9.29 Å². The molecule has 0 saturated carbocycles. The van der Waals surface area contributed by atoms with E-state index in [2.05, 4.69) is 5.32 Å².